The summed E-state index contributed by atoms with van der Waals surface area (Å²) in [5, 5.41) is 0. The van der Waals surface area contributed by atoms with Crippen molar-refractivity contribution >= 4 is 4.21 Å². The molecule has 0 unspecified atom stereocenters. The van der Waals surface area contributed by atoms with E-state index in [2.05, 4.69) is 143 Å². The van der Waals surface area contributed by atoms with Crippen molar-refractivity contribution in [3.63, 3.8) is 0 Å². The molecule has 0 amide bonds. The fraction of sp³-hybridized carbons (Fsp3) is 0.256. The molecule has 0 saturated carbocycles. The van der Waals surface area contributed by atoms with Gasteiger partial charge in [-0.05, 0) is 39.5 Å². The van der Waals surface area contributed by atoms with E-state index in [4.69, 9.17) is 0 Å². The molecule has 0 spiro atoms. The Kier molecular flexibility index (Phi) is 13.2. The number of hydrogen-bond acceptors (Lipinski definition) is 0. The largest absolute Gasteiger partial charge is 1.00 e. The first kappa shape index (κ1) is 35.9. The zero-order chi connectivity index (χ0) is 28.9. The summed E-state index contributed by atoms with van der Waals surface area (Å²) in [4.78, 5) is 0. The van der Waals surface area contributed by atoms with Crippen LogP contribution in [0.1, 0.15) is 70.2 Å². The van der Waals surface area contributed by atoms with Crippen molar-refractivity contribution < 1.29 is 49.0 Å². The van der Waals surface area contributed by atoms with Crippen LogP contribution in [0.2, 0.25) is 0 Å². The summed E-state index contributed by atoms with van der Waals surface area (Å²) >= 11 is 1.30. The van der Waals surface area contributed by atoms with Gasteiger partial charge in [-0.25, -0.2) is 12.2 Å². The molecule has 0 radical (unpaired) electrons. The van der Waals surface area contributed by atoms with Crippen LogP contribution in [0.4, 0.5) is 0 Å². The third-order valence-electron chi connectivity index (χ3n) is 7.41. The first-order chi connectivity index (χ1) is 19.1. The molecule has 0 aromatic heterocycles. The molecule has 2 aliphatic carbocycles. The van der Waals surface area contributed by atoms with E-state index in [1.807, 2.05) is 12.2 Å². The number of rotatable bonds is 2. The van der Waals surface area contributed by atoms with E-state index in [1.165, 1.54) is 79.9 Å². The van der Waals surface area contributed by atoms with Crippen LogP contribution in [0.3, 0.4) is 0 Å². The summed E-state index contributed by atoms with van der Waals surface area (Å²) in [5.41, 5.74) is 13.5. The van der Waals surface area contributed by atoms with E-state index in [1.54, 1.807) is 0 Å². The molecule has 0 saturated heterocycles. The standard InChI is InChI=1S/C33H33.C5H5.CH2.2ClH.Zr/c1-32(2,3)30-20-26-24(18-28(30)22-13-9-7-10-14-22)17-25-19-29(23-15-11-8-12-16-23)31(21-27(25)26)33(4,5)6;1-2-4-5-3-1;;;;/h7-16,18,20-21H,17H2,1-6H3;1-3H,4H2;1H2;2*1H;/q2*-1;;;;+2/p-2. The minimum Gasteiger partial charge on any atom is -1.00 e. The van der Waals surface area contributed by atoms with Crippen molar-refractivity contribution in [3.05, 3.63) is 131 Å². The Morgan fingerprint density at radius 1 is 0.667 bits per heavy atom. The van der Waals surface area contributed by atoms with E-state index in [-0.39, 0.29) is 35.6 Å². The number of benzene rings is 4. The number of allylic oxidation sites excluding steroid dienone is 4. The van der Waals surface area contributed by atoms with Crippen LogP contribution in [0, 0.1) is 12.1 Å². The first-order valence-electron chi connectivity index (χ1n) is 14.1. The van der Waals surface area contributed by atoms with Crippen LogP contribution in [-0.2, 0) is 41.5 Å². The summed E-state index contributed by atoms with van der Waals surface area (Å²) in [5.74, 6) is 0. The molecule has 0 fully saturated rings. The Morgan fingerprint density at radius 2 is 1.21 bits per heavy atom. The topological polar surface area (TPSA) is 0 Å². The molecule has 0 heterocycles. The minimum absolute atomic E-state index is 0. The predicted molar refractivity (Wildman–Crippen MR) is 170 cm³/mol. The Hall–Kier alpha value is -2.31. The van der Waals surface area contributed by atoms with E-state index >= 15 is 0 Å². The van der Waals surface area contributed by atoms with Gasteiger partial charge < -0.3 is 24.8 Å². The van der Waals surface area contributed by atoms with Crippen LogP contribution in [0.25, 0.3) is 33.4 Å². The van der Waals surface area contributed by atoms with E-state index in [0.717, 1.165) is 12.8 Å². The molecule has 0 bridgehead atoms. The molecule has 0 aliphatic heterocycles. The van der Waals surface area contributed by atoms with Gasteiger partial charge in [0, 0.05) is 0 Å². The summed E-state index contributed by atoms with van der Waals surface area (Å²) < 4.78 is 3.34. The monoisotopic (exact) mass is 668 g/mol. The summed E-state index contributed by atoms with van der Waals surface area (Å²) in [6.07, 6.45) is 10.9. The van der Waals surface area contributed by atoms with Crippen molar-refractivity contribution in [2.24, 2.45) is 0 Å². The molecule has 0 atom stereocenters. The molecule has 216 valence electrons. The van der Waals surface area contributed by atoms with Crippen molar-refractivity contribution in [2.75, 3.05) is 0 Å². The Balaban J connectivity index is 0.000000612. The predicted octanol–water partition coefficient (Wildman–Crippen LogP) is 4.27. The van der Waals surface area contributed by atoms with Crippen LogP contribution in [0.5, 0.6) is 0 Å². The molecule has 4 aromatic rings. The van der Waals surface area contributed by atoms with Gasteiger partial charge in [-0.3, -0.25) is 6.08 Å². The van der Waals surface area contributed by atoms with Gasteiger partial charge in [0.15, 0.2) is 0 Å². The zero-order valence-corrected chi connectivity index (χ0v) is 29.6. The van der Waals surface area contributed by atoms with Crippen molar-refractivity contribution in [3.8, 4) is 33.4 Å². The van der Waals surface area contributed by atoms with Gasteiger partial charge in [-0.2, -0.15) is 6.08 Å². The van der Waals surface area contributed by atoms with Crippen LogP contribution >= 0.6 is 0 Å². The summed E-state index contributed by atoms with van der Waals surface area (Å²) in [6, 6.07) is 32.8. The average Bonchev–Trinajstić information content (AvgIpc) is 3.64. The molecule has 2 aliphatic rings. The van der Waals surface area contributed by atoms with Crippen LogP contribution < -0.4 is 24.8 Å². The molecule has 4 aromatic carbocycles. The number of fused-ring (bicyclic) bond motifs is 3. The maximum Gasteiger partial charge on any atom is -1.00 e. The summed E-state index contributed by atoms with van der Waals surface area (Å²) in [6.45, 7) is 13.9. The smallest absolute Gasteiger partial charge is 1.00 e. The third-order valence-corrected chi connectivity index (χ3v) is 7.41. The third kappa shape index (κ3) is 8.20. The van der Waals surface area contributed by atoms with Gasteiger partial charge in [0.1, 0.15) is 0 Å². The fourth-order valence-electron chi connectivity index (χ4n) is 5.44. The van der Waals surface area contributed by atoms with Gasteiger partial charge >= 0.3 is 28.4 Å². The fourth-order valence-corrected chi connectivity index (χ4v) is 5.44. The van der Waals surface area contributed by atoms with Crippen molar-refractivity contribution in [1.29, 1.82) is 0 Å². The SMILES string of the molecule is CC(C)(C)c1cc2c([c-]c1-c1ccccc1)Cc1cc(-c3ccccc3)c(C(C)(C)C)cc1-2.[C-]1=CC=CC1.[CH2]=[Zr+2].[Cl-].[Cl-]. The second kappa shape index (κ2) is 15.4. The molecule has 3 heteroatoms. The minimum atomic E-state index is 0. The summed E-state index contributed by atoms with van der Waals surface area (Å²) in [7, 11) is 0. The van der Waals surface area contributed by atoms with Crippen molar-refractivity contribution in [2.45, 2.75) is 65.2 Å². The van der Waals surface area contributed by atoms with Crippen molar-refractivity contribution in [1.82, 2.24) is 0 Å². The van der Waals surface area contributed by atoms with Crippen LogP contribution in [-0.4, -0.2) is 4.21 Å². The quantitative estimate of drug-likeness (QED) is 0.247. The Morgan fingerprint density at radius 3 is 1.69 bits per heavy atom. The van der Waals surface area contributed by atoms with Gasteiger partial charge in [0.2, 0.25) is 0 Å². The first-order valence-corrected chi connectivity index (χ1v) is 15.8. The normalized spacial score (nSPS) is 12.5. The van der Waals surface area contributed by atoms with E-state index < -0.39 is 0 Å². The molecule has 6 rings (SSSR count). The van der Waals surface area contributed by atoms with Gasteiger partial charge in [0.25, 0.3) is 0 Å². The molecular weight excluding hydrogens is 631 g/mol. The van der Waals surface area contributed by atoms with Crippen LogP contribution in [0.15, 0.2) is 97.1 Å². The number of hydrogen-bond donors (Lipinski definition) is 0. The number of halogens is 2. The van der Waals surface area contributed by atoms with E-state index in [9.17, 15) is 0 Å². The van der Waals surface area contributed by atoms with Gasteiger partial charge in [-0.1, -0.05) is 131 Å². The molecule has 42 heavy (non-hydrogen) atoms. The molecule has 0 nitrogen and oxygen atoms in total. The van der Waals surface area contributed by atoms with Gasteiger partial charge in [0.05, 0.1) is 0 Å². The maximum absolute atomic E-state index is 3.88. The molecule has 0 N–H and O–H groups in total. The Bertz CT molecular complexity index is 1400. The van der Waals surface area contributed by atoms with E-state index in [0.29, 0.717) is 0 Å². The second-order valence-electron chi connectivity index (χ2n) is 12.4. The Labute approximate surface area is 281 Å². The second-order valence-corrected chi connectivity index (χ2v) is 12.4. The average molecular weight is 671 g/mol. The molecular formula is C39H40Cl2Zr-2. The maximum atomic E-state index is 3.88. The zero-order valence-electron chi connectivity index (χ0n) is 25.6. The van der Waals surface area contributed by atoms with Gasteiger partial charge in [-0.15, -0.1) is 35.2 Å².